The number of pyridine rings is 1. The molecule has 2 heterocycles. The molecule has 0 unspecified atom stereocenters. The van der Waals surface area contributed by atoms with Crippen LogP contribution in [0.5, 0.6) is 0 Å². The van der Waals surface area contributed by atoms with Gasteiger partial charge in [-0.05, 0) is 37.1 Å². The van der Waals surface area contributed by atoms with Gasteiger partial charge in [0.15, 0.2) is 5.13 Å². The van der Waals surface area contributed by atoms with Crippen LogP contribution in [0.25, 0.3) is 10.9 Å². The van der Waals surface area contributed by atoms with Crippen LogP contribution in [0, 0.1) is 25.2 Å². The van der Waals surface area contributed by atoms with Gasteiger partial charge in [-0.3, -0.25) is 4.79 Å². The van der Waals surface area contributed by atoms with Gasteiger partial charge in [-0.15, -0.1) is 11.3 Å². The van der Waals surface area contributed by atoms with Crippen molar-refractivity contribution in [3.63, 3.8) is 0 Å². The fraction of sp³-hybridized carbons (Fsp3) is 0.176. The Kier molecular flexibility index (Phi) is 4.79. The molecule has 5 nitrogen and oxygen atoms in total. The molecule has 3 aromatic rings. The largest absolute Gasteiger partial charge is 0.301 e. The average molecular weight is 354 g/mol. The second-order valence-corrected chi connectivity index (χ2v) is 7.13. The van der Waals surface area contributed by atoms with Gasteiger partial charge in [0.1, 0.15) is 11.1 Å². The molecule has 0 fully saturated rings. The highest BCUT2D eigenvalue weighted by molar-refractivity contribution is 8.00. The zero-order valence-electron chi connectivity index (χ0n) is 13.2. The van der Waals surface area contributed by atoms with Crippen molar-refractivity contribution in [1.29, 1.82) is 5.26 Å². The minimum absolute atomic E-state index is 0.166. The molecule has 0 atom stereocenters. The van der Waals surface area contributed by atoms with Gasteiger partial charge < -0.3 is 5.32 Å². The molecule has 0 aliphatic carbocycles. The lowest BCUT2D eigenvalue weighted by Crippen LogP contribution is -2.14. The molecule has 120 valence electrons. The van der Waals surface area contributed by atoms with E-state index in [1.807, 2.05) is 26.0 Å². The number of carbonyl (C=O) groups excluding carboxylic acids is 1. The third-order valence-electron chi connectivity index (χ3n) is 3.39. The Morgan fingerprint density at radius 2 is 2.21 bits per heavy atom. The maximum atomic E-state index is 12.0. The molecule has 0 bridgehead atoms. The summed E-state index contributed by atoms with van der Waals surface area (Å²) < 4.78 is 0. The van der Waals surface area contributed by atoms with Gasteiger partial charge in [-0.1, -0.05) is 17.8 Å². The van der Waals surface area contributed by atoms with Crippen molar-refractivity contribution in [2.75, 3.05) is 11.1 Å². The van der Waals surface area contributed by atoms with Crippen molar-refractivity contribution < 1.29 is 4.79 Å². The maximum Gasteiger partial charge on any atom is 0.236 e. The highest BCUT2D eigenvalue weighted by atomic mass is 32.2. The average Bonchev–Trinajstić information content (AvgIpc) is 3.05. The zero-order chi connectivity index (χ0) is 17.1. The number of nitriles is 1. The van der Waals surface area contributed by atoms with E-state index >= 15 is 0 Å². The van der Waals surface area contributed by atoms with Crippen molar-refractivity contribution in [1.82, 2.24) is 9.97 Å². The van der Waals surface area contributed by atoms with Crippen molar-refractivity contribution in [2.24, 2.45) is 0 Å². The van der Waals surface area contributed by atoms with Gasteiger partial charge in [0.05, 0.1) is 16.8 Å². The number of nitrogens with zero attached hydrogens (tertiary/aromatic N) is 3. The number of hydrogen-bond acceptors (Lipinski definition) is 6. The molecular weight excluding hydrogens is 340 g/mol. The molecule has 0 spiro atoms. The quantitative estimate of drug-likeness (QED) is 0.719. The number of amides is 1. The molecular formula is C17H14N4OS2. The van der Waals surface area contributed by atoms with Crippen molar-refractivity contribution in [2.45, 2.75) is 18.9 Å². The number of carbonyl (C=O) groups is 1. The smallest absolute Gasteiger partial charge is 0.236 e. The molecule has 1 N–H and O–H groups in total. The minimum atomic E-state index is -0.166. The molecule has 2 aromatic heterocycles. The Hall–Kier alpha value is -2.43. The van der Waals surface area contributed by atoms with Gasteiger partial charge >= 0.3 is 0 Å². The Balaban J connectivity index is 1.83. The molecule has 0 radical (unpaired) electrons. The highest BCUT2D eigenvalue weighted by Crippen LogP contribution is 2.27. The second kappa shape index (κ2) is 6.99. The van der Waals surface area contributed by atoms with E-state index in [1.54, 1.807) is 11.6 Å². The Bertz CT molecular complexity index is 945. The summed E-state index contributed by atoms with van der Waals surface area (Å²) in [4.78, 5) is 20.6. The van der Waals surface area contributed by atoms with E-state index in [0.717, 1.165) is 22.0 Å². The first kappa shape index (κ1) is 16.4. The van der Waals surface area contributed by atoms with E-state index in [0.29, 0.717) is 15.7 Å². The van der Waals surface area contributed by atoms with Crippen LogP contribution in [0.4, 0.5) is 5.13 Å². The predicted octanol–water partition coefficient (Wildman–Crippen LogP) is 3.91. The number of anilines is 1. The number of hydrogen-bond donors (Lipinski definition) is 1. The molecule has 3 rings (SSSR count). The first-order chi connectivity index (χ1) is 11.6. The minimum Gasteiger partial charge on any atom is -0.301 e. The summed E-state index contributed by atoms with van der Waals surface area (Å²) in [5, 5.41) is 16.0. The number of fused-ring (bicyclic) bond motifs is 1. The van der Waals surface area contributed by atoms with Crippen LogP contribution in [-0.4, -0.2) is 21.6 Å². The summed E-state index contributed by atoms with van der Waals surface area (Å²) in [6, 6.07) is 8.08. The van der Waals surface area contributed by atoms with E-state index in [2.05, 4.69) is 27.4 Å². The summed E-state index contributed by atoms with van der Waals surface area (Å²) in [6.45, 7) is 4.02. The first-order valence-electron chi connectivity index (χ1n) is 7.21. The first-order valence-corrected chi connectivity index (χ1v) is 9.07. The Morgan fingerprint density at radius 1 is 1.38 bits per heavy atom. The lowest BCUT2D eigenvalue weighted by Gasteiger charge is -2.08. The summed E-state index contributed by atoms with van der Waals surface area (Å²) in [6.07, 6.45) is 1.64. The molecule has 0 saturated carbocycles. The van der Waals surface area contributed by atoms with E-state index in [4.69, 9.17) is 0 Å². The van der Waals surface area contributed by atoms with Crippen LogP contribution in [0.2, 0.25) is 0 Å². The molecule has 1 aromatic carbocycles. The van der Waals surface area contributed by atoms with Crippen molar-refractivity contribution in [3.05, 3.63) is 46.5 Å². The third-order valence-corrected chi connectivity index (χ3v) is 5.07. The molecule has 1 amide bonds. The molecule has 24 heavy (non-hydrogen) atoms. The summed E-state index contributed by atoms with van der Waals surface area (Å²) >= 11 is 2.62. The third kappa shape index (κ3) is 3.55. The number of aromatic nitrogens is 2. The van der Waals surface area contributed by atoms with E-state index < -0.39 is 0 Å². The van der Waals surface area contributed by atoms with Gasteiger partial charge in [0, 0.05) is 17.0 Å². The van der Waals surface area contributed by atoms with Crippen LogP contribution < -0.4 is 5.32 Å². The van der Waals surface area contributed by atoms with Crippen LogP contribution in [0.3, 0.4) is 0 Å². The maximum absolute atomic E-state index is 12.0. The van der Waals surface area contributed by atoms with Crippen molar-refractivity contribution >= 4 is 45.0 Å². The number of rotatable bonds is 4. The van der Waals surface area contributed by atoms with E-state index in [-0.39, 0.29) is 11.7 Å². The predicted molar refractivity (Wildman–Crippen MR) is 97.4 cm³/mol. The van der Waals surface area contributed by atoms with E-state index in [1.165, 1.54) is 23.1 Å². The monoisotopic (exact) mass is 354 g/mol. The van der Waals surface area contributed by atoms with E-state index in [9.17, 15) is 10.1 Å². The zero-order valence-corrected chi connectivity index (χ0v) is 14.8. The lowest BCUT2D eigenvalue weighted by atomic mass is 10.1. The Morgan fingerprint density at radius 3 is 2.92 bits per heavy atom. The number of nitrogens with one attached hydrogen (secondary N) is 1. The van der Waals surface area contributed by atoms with Crippen LogP contribution in [0.1, 0.15) is 16.7 Å². The standard InChI is InChI=1S/C17H14N4OS2/c1-10-5-11(2)13-7-12(8-18)16(20-14(13)6-10)24-9-15(22)21-17-19-3-4-23-17/h3-7H,9H2,1-2H3,(H,19,21,22). The fourth-order valence-corrected chi connectivity index (χ4v) is 3.68. The molecule has 0 aliphatic heterocycles. The Labute approximate surface area is 147 Å². The van der Waals surface area contributed by atoms with Crippen LogP contribution in [0.15, 0.2) is 34.8 Å². The molecule has 0 aliphatic rings. The number of thioether (sulfide) groups is 1. The van der Waals surface area contributed by atoms with Crippen molar-refractivity contribution in [3.8, 4) is 6.07 Å². The summed E-state index contributed by atoms with van der Waals surface area (Å²) in [5.74, 6) is 0.0125. The highest BCUT2D eigenvalue weighted by Gasteiger charge is 2.12. The SMILES string of the molecule is Cc1cc(C)c2cc(C#N)c(SCC(=O)Nc3nccs3)nc2c1. The lowest BCUT2D eigenvalue weighted by molar-refractivity contribution is -0.113. The number of benzene rings is 1. The second-order valence-electron chi connectivity index (χ2n) is 5.28. The normalized spacial score (nSPS) is 10.5. The van der Waals surface area contributed by atoms with Gasteiger partial charge in [0.2, 0.25) is 5.91 Å². The molecule has 7 heteroatoms. The number of thiazole rings is 1. The van der Waals surface area contributed by atoms with Gasteiger partial charge in [-0.25, -0.2) is 9.97 Å². The summed E-state index contributed by atoms with van der Waals surface area (Å²) in [5.41, 5.74) is 3.54. The van der Waals surface area contributed by atoms with Gasteiger partial charge in [0.25, 0.3) is 0 Å². The number of aryl methyl sites for hydroxylation is 2. The van der Waals surface area contributed by atoms with Crippen LogP contribution in [-0.2, 0) is 4.79 Å². The molecule has 0 saturated heterocycles. The fourth-order valence-electron chi connectivity index (χ4n) is 2.38. The van der Waals surface area contributed by atoms with Gasteiger partial charge in [-0.2, -0.15) is 5.26 Å². The summed E-state index contributed by atoms with van der Waals surface area (Å²) in [7, 11) is 0. The topological polar surface area (TPSA) is 78.7 Å². The van der Waals surface area contributed by atoms with Crippen LogP contribution >= 0.6 is 23.1 Å².